The second-order valence-corrected chi connectivity index (χ2v) is 8.14. The number of carbonyl (C=O) groups excluding carboxylic acids is 1. The molecule has 1 aliphatic heterocycles. The second kappa shape index (κ2) is 6.07. The molecule has 0 radical (unpaired) electrons. The van der Waals surface area contributed by atoms with Crippen LogP contribution in [-0.4, -0.2) is 20.9 Å². The summed E-state index contributed by atoms with van der Waals surface area (Å²) >= 11 is 0. The maximum atomic E-state index is 13.8. The maximum absolute atomic E-state index is 13.8. The van der Waals surface area contributed by atoms with E-state index in [1.165, 1.54) is 6.07 Å². The van der Waals surface area contributed by atoms with Crippen molar-refractivity contribution in [2.45, 2.75) is 18.8 Å². The highest BCUT2D eigenvalue weighted by Crippen LogP contribution is 2.48. The van der Waals surface area contributed by atoms with E-state index in [1.54, 1.807) is 36.4 Å². The summed E-state index contributed by atoms with van der Waals surface area (Å²) in [6.45, 7) is 0.295. The van der Waals surface area contributed by atoms with Crippen molar-refractivity contribution in [1.29, 1.82) is 0 Å². The zero-order valence-electron chi connectivity index (χ0n) is 13.9. The number of benzene rings is 2. The molecule has 8 heteroatoms. The van der Waals surface area contributed by atoms with Crippen molar-refractivity contribution in [3.63, 3.8) is 0 Å². The van der Waals surface area contributed by atoms with Gasteiger partial charge in [-0.15, -0.1) is 0 Å². The molecule has 2 aromatic carbocycles. The highest BCUT2D eigenvalue weighted by molar-refractivity contribution is 7.90. The number of hydrogen-bond donors (Lipinski definition) is 2. The van der Waals surface area contributed by atoms with Gasteiger partial charge in [-0.1, -0.05) is 24.3 Å². The first-order valence-corrected chi connectivity index (χ1v) is 9.83. The number of nitrogens with one attached hydrogen (secondary N) is 1. The smallest absolute Gasteiger partial charge is 0.299 e. The molecule has 0 saturated heterocycles. The Labute approximate surface area is 151 Å². The zero-order valence-corrected chi connectivity index (χ0v) is 14.7. The van der Waals surface area contributed by atoms with Crippen LogP contribution in [0.25, 0.3) is 0 Å². The van der Waals surface area contributed by atoms with Gasteiger partial charge in [-0.2, -0.15) is 8.42 Å². The van der Waals surface area contributed by atoms with Crippen molar-refractivity contribution in [2.24, 2.45) is 11.1 Å². The summed E-state index contributed by atoms with van der Waals surface area (Å²) in [7, 11) is -3.84. The number of nitrogens with two attached hydrogens (primary N) is 1. The normalized spacial score (nSPS) is 21.4. The molecule has 136 valence electrons. The monoisotopic (exact) mass is 375 g/mol. The molecular weight excluding hydrogens is 357 g/mol. The molecule has 2 atom stereocenters. The predicted octanol–water partition coefficient (Wildman–Crippen LogP) is 2.13. The third-order valence-corrected chi connectivity index (χ3v) is 5.94. The second-order valence-electron chi connectivity index (χ2n) is 6.67. The van der Waals surface area contributed by atoms with E-state index in [1.807, 2.05) is 0 Å². The van der Waals surface area contributed by atoms with E-state index in [-0.39, 0.29) is 23.6 Å². The van der Waals surface area contributed by atoms with Crippen LogP contribution in [0.3, 0.4) is 0 Å². The number of fused-ring (bicyclic) bond motifs is 1. The molecule has 1 saturated carbocycles. The lowest BCUT2D eigenvalue weighted by Gasteiger charge is -2.16. The molecule has 4 rings (SSSR count). The molecule has 2 aromatic rings. The van der Waals surface area contributed by atoms with Gasteiger partial charge in [0, 0.05) is 18.2 Å². The number of nitrogens with zero attached hydrogens (tertiary/aromatic N) is 1. The summed E-state index contributed by atoms with van der Waals surface area (Å²) in [4.78, 5) is 12.5. The lowest BCUT2D eigenvalue weighted by atomic mass is 10.1. The van der Waals surface area contributed by atoms with Crippen molar-refractivity contribution in [2.75, 3.05) is 16.2 Å². The van der Waals surface area contributed by atoms with Crippen LogP contribution in [-0.2, 0) is 21.4 Å². The van der Waals surface area contributed by atoms with Crippen molar-refractivity contribution < 1.29 is 17.6 Å². The Balaban J connectivity index is 1.49. The SMILES string of the molecule is NS(=O)(=O)N1CCc2ccc(NC(=O)[C@H]3C[C@H]3c3ccccc3F)cc21. The lowest BCUT2D eigenvalue weighted by Crippen LogP contribution is -2.35. The Morgan fingerprint density at radius 3 is 2.73 bits per heavy atom. The number of hydrogen-bond acceptors (Lipinski definition) is 3. The lowest BCUT2D eigenvalue weighted by molar-refractivity contribution is -0.117. The van der Waals surface area contributed by atoms with Crippen LogP contribution in [0, 0.1) is 11.7 Å². The van der Waals surface area contributed by atoms with E-state index < -0.39 is 10.2 Å². The van der Waals surface area contributed by atoms with Crippen LogP contribution >= 0.6 is 0 Å². The van der Waals surface area contributed by atoms with Crippen molar-refractivity contribution in [3.05, 3.63) is 59.4 Å². The topological polar surface area (TPSA) is 92.5 Å². The molecule has 6 nitrogen and oxygen atoms in total. The van der Waals surface area contributed by atoms with E-state index in [0.29, 0.717) is 36.3 Å². The molecule has 26 heavy (non-hydrogen) atoms. The standard InChI is InChI=1S/C18H18FN3O3S/c19-16-4-2-1-3-13(16)14-10-15(14)18(23)21-12-6-5-11-7-8-22(17(11)9-12)26(20,24)25/h1-6,9,14-15H,7-8,10H2,(H,21,23)(H2,20,24,25)/t14-,15-/m0/s1. The van der Waals surface area contributed by atoms with Gasteiger partial charge in [0.2, 0.25) is 5.91 Å². The minimum absolute atomic E-state index is 0.119. The van der Waals surface area contributed by atoms with Crippen LogP contribution in [0.4, 0.5) is 15.8 Å². The van der Waals surface area contributed by atoms with Gasteiger partial charge >= 0.3 is 0 Å². The largest absolute Gasteiger partial charge is 0.326 e. The maximum Gasteiger partial charge on any atom is 0.299 e. The van der Waals surface area contributed by atoms with E-state index >= 15 is 0 Å². The number of amides is 1. The molecule has 1 aliphatic carbocycles. The first kappa shape index (κ1) is 17.0. The van der Waals surface area contributed by atoms with Crippen molar-refractivity contribution >= 4 is 27.5 Å². The van der Waals surface area contributed by atoms with Gasteiger partial charge in [0.25, 0.3) is 10.2 Å². The Kier molecular flexibility index (Phi) is 3.96. The first-order chi connectivity index (χ1) is 12.3. The first-order valence-electron chi connectivity index (χ1n) is 8.33. The van der Waals surface area contributed by atoms with Gasteiger partial charge in [0.15, 0.2) is 0 Å². The van der Waals surface area contributed by atoms with Gasteiger partial charge in [-0.25, -0.2) is 9.53 Å². The van der Waals surface area contributed by atoms with Gasteiger partial charge in [0.05, 0.1) is 5.69 Å². The summed E-state index contributed by atoms with van der Waals surface area (Å²) in [6, 6.07) is 11.6. The molecule has 0 unspecified atom stereocenters. The fourth-order valence-corrected chi connectivity index (χ4v) is 4.32. The number of rotatable bonds is 4. The van der Waals surface area contributed by atoms with Crippen LogP contribution < -0.4 is 14.8 Å². The van der Waals surface area contributed by atoms with E-state index in [0.717, 1.165) is 9.87 Å². The zero-order chi connectivity index (χ0) is 18.5. The Hall–Kier alpha value is -2.45. The third kappa shape index (κ3) is 3.06. The summed E-state index contributed by atoms with van der Waals surface area (Å²) < 4.78 is 38.3. The molecule has 3 N–H and O–H groups in total. The fraction of sp³-hybridized carbons (Fsp3) is 0.278. The average Bonchev–Trinajstić information content (AvgIpc) is 3.25. The number of carbonyl (C=O) groups is 1. The molecule has 0 spiro atoms. The van der Waals surface area contributed by atoms with Crippen molar-refractivity contribution in [3.8, 4) is 0 Å². The molecular formula is C18H18FN3O3S. The molecule has 0 bridgehead atoms. The van der Waals surface area contributed by atoms with E-state index in [9.17, 15) is 17.6 Å². The van der Waals surface area contributed by atoms with E-state index in [4.69, 9.17) is 5.14 Å². The number of halogens is 1. The highest BCUT2D eigenvalue weighted by Gasteiger charge is 2.45. The predicted molar refractivity (Wildman–Crippen MR) is 96.5 cm³/mol. The Bertz CT molecular complexity index is 993. The summed E-state index contributed by atoms with van der Waals surface area (Å²) in [5.74, 6) is -0.895. The van der Waals surface area contributed by atoms with Crippen LogP contribution in [0.2, 0.25) is 0 Å². The summed E-state index contributed by atoms with van der Waals surface area (Å²) in [5.41, 5.74) is 2.42. The average molecular weight is 375 g/mol. The van der Waals surface area contributed by atoms with Crippen LogP contribution in [0.1, 0.15) is 23.5 Å². The van der Waals surface area contributed by atoms with Gasteiger partial charge < -0.3 is 5.32 Å². The van der Waals surface area contributed by atoms with E-state index in [2.05, 4.69) is 5.32 Å². The fourth-order valence-electron chi connectivity index (χ4n) is 3.53. The summed E-state index contributed by atoms with van der Waals surface area (Å²) in [5, 5.41) is 8.04. The van der Waals surface area contributed by atoms with Gasteiger partial charge in [-0.05, 0) is 48.1 Å². The van der Waals surface area contributed by atoms with Gasteiger partial charge in [-0.3, -0.25) is 9.10 Å². The Morgan fingerprint density at radius 1 is 1.23 bits per heavy atom. The highest BCUT2D eigenvalue weighted by atomic mass is 32.2. The quantitative estimate of drug-likeness (QED) is 0.857. The minimum atomic E-state index is -3.84. The molecule has 1 heterocycles. The van der Waals surface area contributed by atoms with Crippen molar-refractivity contribution in [1.82, 2.24) is 0 Å². The molecule has 0 aromatic heterocycles. The number of anilines is 2. The molecule has 1 amide bonds. The minimum Gasteiger partial charge on any atom is -0.326 e. The summed E-state index contributed by atoms with van der Waals surface area (Å²) in [6.07, 6.45) is 1.18. The molecule has 1 fully saturated rings. The Morgan fingerprint density at radius 2 is 2.00 bits per heavy atom. The third-order valence-electron chi connectivity index (χ3n) is 4.94. The van der Waals surface area contributed by atoms with Gasteiger partial charge in [0.1, 0.15) is 5.82 Å². The van der Waals surface area contributed by atoms with Crippen LogP contribution in [0.5, 0.6) is 0 Å². The van der Waals surface area contributed by atoms with Crippen LogP contribution in [0.15, 0.2) is 42.5 Å². The molecule has 2 aliphatic rings.